The summed E-state index contributed by atoms with van der Waals surface area (Å²) in [5, 5.41) is 9.07. The number of hydrogen-bond donors (Lipinski definition) is 0. The molecular formula is C11H10ClN5S. The highest BCUT2D eigenvalue weighted by Gasteiger charge is 2.14. The Bertz CT molecular complexity index is 536. The second-order valence-electron chi connectivity index (χ2n) is 3.57. The van der Waals surface area contributed by atoms with Crippen molar-refractivity contribution in [3.8, 4) is 6.07 Å². The molecule has 0 saturated heterocycles. The third-order valence-electron chi connectivity index (χ3n) is 2.32. The van der Waals surface area contributed by atoms with Gasteiger partial charge in [-0.15, -0.1) is 0 Å². The first-order chi connectivity index (χ1) is 8.81. The van der Waals surface area contributed by atoms with Crippen LogP contribution in [-0.4, -0.2) is 20.3 Å². The number of hydrogen-bond acceptors (Lipinski definition) is 6. The molecule has 0 bridgehead atoms. The molecule has 2 heterocycles. The zero-order chi connectivity index (χ0) is 12.8. The molecule has 0 spiro atoms. The molecule has 2 aromatic heterocycles. The molecule has 0 amide bonds. The van der Waals surface area contributed by atoms with E-state index in [4.69, 9.17) is 16.9 Å². The first-order valence-corrected chi connectivity index (χ1v) is 6.41. The van der Waals surface area contributed by atoms with Crippen molar-refractivity contribution in [2.75, 3.05) is 11.4 Å². The lowest BCUT2D eigenvalue weighted by Crippen LogP contribution is -2.24. The third-order valence-corrected chi connectivity index (χ3v) is 3.19. The lowest BCUT2D eigenvalue weighted by atomic mass is 10.2. The molecule has 0 atom stereocenters. The molecule has 0 aliphatic carbocycles. The van der Waals surface area contributed by atoms with Crippen LogP contribution in [0.2, 0.25) is 5.15 Å². The number of rotatable bonds is 5. The molecule has 0 aliphatic heterocycles. The zero-order valence-electron chi connectivity index (χ0n) is 9.45. The van der Waals surface area contributed by atoms with E-state index in [1.165, 1.54) is 0 Å². The van der Waals surface area contributed by atoms with Gasteiger partial charge in [0.2, 0.25) is 0 Å². The smallest absolute Gasteiger partial charge is 0.187 e. The highest BCUT2D eigenvalue weighted by atomic mass is 35.5. The minimum Gasteiger partial charge on any atom is -0.348 e. The molecule has 0 N–H and O–H groups in total. The van der Waals surface area contributed by atoms with Gasteiger partial charge in [-0.3, -0.25) is 4.98 Å². The monoisotopic (exact) mass is 279 g/mol. The predicted molar refractivity (Wildman–Crippen MR) is 70.4 cm³/mol. The van der Waals surface area contributed by atoms with E-state index in [0.717, 1.165) is 17.3 Å². The van der Waals surface area contributed by atoms with Gasteiger partial charge in [0.05, 0.1) is 24.2 Å². The van der Waals surface area contributed by atoms with Crippen molar-refractivity contribution >= 4 is 29.1 Å². The summed E-state index contributed by atoms with van der Waals surface area (Å²) in [6.07, 6.45) is 3.92. The van der Waals surface area contributed by atoms with Gasteiger partial charge in [0, 0.05) is 25.5 Å². The number of nitrogens with zero attached hydrogens (tertiary/aromatic N) is 5. The van der Waals surface area contributed by atoms with E-state index in [-0.39, 0.29) is 0 Å². The maximum absolute atomic E-state index is 8.69. The zero-order valence-corrected chi connectivity index (χ0v) is 11.0. The molecule has 92 valence electrons. The van der Waals surface area contributed by atoms with Crippen LogP contribution in [-0.2, 0) is 6.54 Å². The van der Waals surface area contributed by atoms with E-state index in [0.29, 0.717) is 30.5 Å². The maximum Gasteiger partial charge on any atom is 0.187 e. The normalized spacial score (nSPS) is 10.0. The van der Waals surface area contributed by atoms with Gasteiger partial charge in [0.15, 0.2) is 11.0 Å². The van der Waals surface area contributed by atoms with Crippen LogP contribution in [0, 0.1) is 11.3 Å². The van der Waals surface area contributed by atoms with Crippen molar-refractivity contribution in [2.24, 2.45) is 0 Å². The first kappa shape index (κ1) is 12.7. The van der Waals surface area contributed by atoms with Gasteiger partial charge in [-0.05, 0) is 11.6 Å². The Hall–Kier alpha value is -1.71. The van der Waals surface area contributed by atoms with E-state index >= 15 is 0 Å². The molecule has 5 nitrogen and oxygen atoms in total. The van der Waals surface area contributed by atoms with Crippen LogP contribution in [0.5, 0.6) is 0 Å². The molecule has 0 saturated carbocycles. The van der Waals surface area contributed by atoms with Crippen LogP contribution in [0.4, 0.5) is 5.82 Å². The van der Waals surface area contributed by atoms with E-state index in [2.05, 4.69) is 19.8 Å². The lowest BCUT2D eigenvalue weighted by Gasteiger charge is -2.20. The Labute approximate surface area is 114 Å². The standard InChI is InChI=1S/C11H10ClN5S/c12-10-11(16-18-15-10)17(6-2-4-13)8-9-3-1-5-14-7-9/h1,3,5,7H,2,6,8H2. The van der Waals surface area contributed by atoms with Crippen molar-refractivity contribution < 1.29 is 0 Å². The fourth-order valence-corrected chi connectivity index (χ4v) is 2.30. The quantitative estimate of drug-likeness (QED) is 0.841. The van der Waals surface area contributed by atoms with Crippen LogP contribution >= 0.6 is 23.3 Å². The number of pyridine rings is 1. The number of nitriles is 1. The Balaban J connectivity index is 2.16. The Kier molecular flexibility index (Phi) is 4.45. The summed E-state index contributed by atoms with van der Waals surface area (Å²) in [4.78, 5) is 6.00. The molecule has 0 aliphatic rings. The van der Waals surface area contributed by atoms with Crippen LogP contribution < -0.4 is 4.90 Å². The third kappa shape index (κ3) is 3.15. The maximum atomic E-state index is 8.69. The van der Waals surface area contributed by atoms with E-state index in [9.17, 15) is 0 Å². The Morgan fingerprint density at radius 1 is 1.44 bits per heavy atom. The minimum atomic E-state index is 0.377. The Morgan fingerprint density at radius 2 is 2.33 bits per heavy atom. The van der Waals surface area contributed by atoms with Gasteiger partial charge < -0.3 is 4.90 Å². The van der Waals surface area contributed by atoms with E-state index in [1.807, 2.05) is 17.0 Å². The summed E-state index contributed by atoms with van der Waals surface area (Å²) in [7, 11) is 0. The summed E-state index contributed by atoms with van der Waals surface area (Å²) in [5.41, 5.74) is 1.04. The second kappa shape index (κ2) is 6.28. The summed E-state index contributed by atoms with van der Waals surface area (Å²) in [5.74, 6) is 0.626. The minimum absolute atomic E-state index is 0.377. The van der Waals surface area contributed by atoms with Gasteiger partial charge in [-0.25, -0.2) is 0 Å². The number of halogens is 1. The molecule has 0 fully saturated rings. The molecule has 0 radical (unpaired) electrons. The van der Waals surface area contributed by atoms with Crippen molar-refractivity contribution in [1.29, 1.82) is 5.26 Å². The molecule has 0 aromatic carbocycles. The van der Waals surface area contributed by atoms with Gasteiger partial charge in [-0.1, -0.05) is 17.7 Å². The van der Waals surface area contributed by atoms with Crippen LogP contribution in [0.15, 0.2) is 24.5 Å². The second-order valence-corrected chi connectivity index (χ2v) is 4.46. The average molecular weight is 280 g/mol. The average Bonchev–Trinajstić information content (AvgIpc) is 2.82. The SMILES string of the molecule is N#CCCN(Cc1cccnc1)c1nsnc1Cl. The molecule has 2 rings (SSSR count). The van der Waals surface area contributed by atoms with Gasteiger partial charge >= 0.3 is 0 Å². The largest absolute Gasteiger partial charge is 0.348 e. The topological polar surface area (TPSA) is 65.7 Å². The van der Waals surface area contributed by atoms with Gasteiger partial charge in [0.1, 0.15) is 0 Å². The summed E-state index contributed by atoms with van der Waals surface area (Å²) in [6, 6.07) is 5.97. The van der Waals surface area contributed by atoms with Crippen molar-refractivity contribution in [1.82, 2.24) is 13.7 Å². The van der Waals surface area contributed by atoms with Gasteiger partial charge in [0.25, 0.3) is 0 Å². The molecule has 2 aromatic rings. The van der Waals surface area contributed by atoms with Crippen LogP contribution in [0.1, 0.15) is 12.0 Å². The molecule has 0 unspecified atom stereocenters. The van der Waals surface area contributed by atoms with E-state index in [1.54, 1.807) is 12.4 Å². The molecule has 7 heteroatoms. The summed E-state index contributed by atoms with van der Waals surface area (Å²) >= 11 is 7.04. The van der Waals surface area contributed by atoms with Crippen LogP contribution in [0.3, 0.4) is 0 Å². The number of aromatic nitrogens is 3. The summed E-state index contributed by atoms with van der Waals surface area (Å²) in [6.45, 7) is 1.18. The fraction of sp³-hybridized carbons (Fsp3) is 0.273. The van der Waals surface area contributed by atoms with Crippen molar-refractivity contribution in [3.05, 3.63) is 35.2 Å². The molecule has 18 heavy (non-hydrogen) atoms. The Morgan fingerprint density at radius 3 is 2.94 bits per heavy atom. The highest BCUT2D eigenvalue weighted by Crippen LogP contribution is 2.24. The number of anilines is 1. The summed E-state index contributed by atoms with van der Waals surface area (Å²) < 4.78 is 8.10. The molecular weight excluding hydrogens is 270 g/mol. The predicted octanol–water partition coefficient (Wildman–Crippen LogP) is 2.51. The van der Waals surface area contributed by atoms with E-state index < -0.39 is 0 Å². The van der Waals surface area contributed by atoms with Crippen molar-refractivity contribution in [3.63, 3.8) is 0 Å². The fourth-order valence-electron chi connectivity index (χ4n) is 1.52. The van der Waals surface area contributed by atoms with Crippen molar-refractivity contribution in [2.45, 2.75) is 13.0 Å². The lowest BCUT2D eigenvalue weighted by molar-refractivity contribution is 0.785. The van der Waals surface area contributed by atoms with Gasteiger partial charge in [-0.2, -0.15) is 14.0 Å². The highest BCUT2D eigenvalue weighted by molar-refractivity contribution is 6.99. The van der Waals surface area contributed by atoms with Crippen LogP contribution in [0.25, 0.3) is 0 Å². The first-order valence-electron chi connectivity index (χ1n) is 5.30.